The molecular weight excluding hydrogens is 334 g/mol. The number of carbonyl (C=O) groups is 1. The van der Waals surface area contributed by atoms with E-state index in [9.17, 15) is 9.90 Å². The normalized spacial score (nSPS) is 17.9. The zero-order valence-electron chi connectivity index (χ0n) is 12.3. The van der Waals surface area contributed by atoms with Gasteiger partial charge in [0.2, 0.25) is 0 Å². The molecule has 0 aliphatic heterocycles. The highest BCUT2D eigenvalue weighted by molar-refractivity contribution is 9.10. The average molecular weight is 356 g/mol. The predicted molar refractivity (Wildman–Crippen MR) is 85.7 cm³/mol. The van der Waals surface area contributed by atoms with Gasteiger partial charge in [0.1, 0.15) is 5.75 Å². The van der Waals surface area contributed by atoms with Crippen molar-refractivity contribution in [2.24, 2.45) is 0 Å². The molecule has 5 heteroatoms. The molecule has 0 heterocycles. The monoisotopic (exact) mass is 355 g/mol. The van der Waals surface area contributed by atoms with E-state index in [-0.39, 0.29) is 5.91 Å². The summed E-state index contributed by atoms with van der Waals surface area (Å²) in [5.41, 5.74) is -0.285. The van der Waals surface area contributed by atoms with Gasteiger partial charge in [-0.3, -0.25) is 4.79 Å². The molecule has 0 bridgehead atoms. The van der Waals surface area contributed by atoms with Gasteiger partial charge in [-0.2, -0.15) is 0 Å². The summed E-state index contributed by atoms with van der Waals surface area (Å²) < 4.78 is 6.09. The number of ether oxygens (including phenoxy) is 1. The van der Waals surface area contributed by atoms with Crippen LogP contribution in [0.15, 0.2) is 22.7 Å². The maximum absolute atomic E-state index is 12.3. The highest BCUT2D eigenvalue weighted by atomic mass is 79.9. The average Bonchev–Trinajstić information content (AvgIpc) is 2.70. The third-order valence-electron chi connectivity index (χ3n) is 4.02. The molecule has 1 saturated carbocycles. The Balaban J connectivity index is 2.01. The Morgan fingerprint density at radius 3 is 2.62 bits per heavy atom. The van der Waals surface area contributed by atoms with Gasteiger partial charge in [0.25, 0.3) is 5.91 Å². The minimum absolute atomic E-state index is 0.211. The van der Waals surface area contributed by atoms with E-state index in [1.54, 1.807) is 18.2 Å². The maximum Gasteiger partial charge on any atom is 0.255 e. The van der Waals surface area contributed by atoms with Gasteiger partial charge >= 0.3 is 0 Å². The summed E-state index contributed by atoms with van der Waals surface area (Å²) in [6.07, 6.45) is 5.88. The number of aliphatic hydroxyl groups is 1. The van der Waals surface area contributed by atoms with Gasteiger partial charge in [0.05, 0.1) is 18.3 Å². The first kappa shape index (κ1) is 16.3. The summed E-state index contributed by atoms with van der Waals surface area (Å²) >= 11 is 3.35. The Hall–Kier alpha value is -1.07. The van der Waals surface area contributed by atoms with Crippen molar-refractivity contribution in [3.05, 3.63) is 28.2 Å². The third kappa shape index (κ3) is 4.45. The van der Waals surface area contributed by atoms with Crippen molar-refractivity contribution >= 4 is 21.8 Å². The number of nitrogens with one attached hydrogen (secondary N) is 1. The SMILES string of the molecule is COc1cc(Br)ccc1C(=O)NCC1(O)CCCCCC1. The number of hydrogen-bond acceptors (Lipinski definition) is 3. The Labute approximate surface area is 134 Å². The van der Waals surface area contributed by atoms with Gasteiger partial charge in [0.15, 0.2) is 0 Å². The Kier molecular flexibility index (Phi) is 5.65. The predicted octanol–water partition coefficient (Wildman–Crippen LogP) is 3.27. The molecule has 0 spiro atoms. The maximum atomic E-state index is 12.3. The van der Waals surface area contributed by atoms with Crippen molar-refractivity contribution in [1.29, 1.82) is 0 Å². The summed E-state index contributed by atoms with van der Waals surface area (Å²) in [7, 11) is 1.54. The second-order valence-electron chi connectivity index (χ2n) is 5.67. The van der Waals surface area contributed by atoms with Gasteiger partial charge in [-0.1, -0.05) is 41.6 Å². The van der Waals surface area contributed by atoms with E-state index in [1.807, 2.05) is 0 Å². The molecule has 4 nitrogen and oxygen atoms in total. The van der Waals surface area contributed by atoms with Crippen LogP contribution in [0.3, 0.4) is 0 Å². The van der Waals surface area contributed by atoms with E-state index in [4.69, 9.17) is 4.74 Å². The van der Waals surface area contributed by atoms with Crippen molar-refractivity contribution < 1.29 is 14.6 Å². The van der Waals surface area contributed by atoms with Crippen LogP contribution in [-0.2, 0) is 0 Å². The van der Waals surface area contributed by atoms with Crippen LogP contribution in [0.1, 0.15) is 48.9 Å². The van der Waals surface area contributed by atoms with Crippen LogP contribution < -0.4 is 10.1 Å². The van der Waals surface area contributed by atoms with Crippen molar-refractivity contribution in [1.82, 2.24) is 5.32 Å². The van der Waals surface area contributed by atoms with Gasteiger partial charge in [0, 0.05) is 11.0 Å². The molecular formula is C16H22BrNO3. The van der Waals surface area contributed by atoms with Crippen LogP contribution in [0.2, 0.25) is 0 Å². The van der Waals surface area contributed by atoms with Gasteiger partial charge in [-0.15, -0.1) is 0 Å². The second-order valence-corrected chi connectivity index (χ2v) is 6.58. The van der Waals surface area contributed by atoms with Gasteiger partial charge < -0.3 is 15.2 Å². The number of benzene rings is 1. The van der Waals surface area contributed by atoms with E-state index < -0.39 is 5.60 Å². The fraction of sp³-hybridized carbons (Fsp3) is 0.562. The van der Waals surface area contributed by atoms with Crippen LogP contribution in [0, 0.1) is 0 Å². The molecule has 1 fully saturated rings. The molecule has 0 atom stereocenters. The largest absolute Gasteiger partial charge is 0.496 e. The van der Waals surface area contributed by atoms with E-state index >= 15 is 0 Å². The lowest BCUT2D eigenvalue weighted by Gasteiger charge is -2.27. The van der Waals surface area contributed by atoms with Gasteiger partial charge in [-0.25, -0.2) is 0 Å². The standard InChI is InChI=1S/C16H22BrNO3/c1-21-14-10-12(17)6-7-13(14)15(19)18-11-16(20)8-4-2-3-5-9-16/h6-7,10,20H,2-5,8-9,11H2,1H3,(H,18,19). The molecule has 1 amide bonds. The lowest BCUT2D eigenvalue weighted by atomic mass is 9.94. The minimum Gasteiger partial charge on any atom is -0.496 e. The molecule has 1 aliphatic rings. The molecule has 1 aromatic rings. The van der Waals surface area contributed by atoms with E-state index in [0.29, 0.717) is 17.9 Å². The number of methoxy groups -OCH3 is 1. The quantitative estimate of drug-likeness (QED) is 0.814. The molecule has 2 N–H and O–H groups in total. The molecule has 116 valence electrons. The van der Waals surface area contributed by atoms with Crippen molar-refractivity contribution in [2.45, 2.75) is 44.1 Å². The molecule has 0 saturated heterocycles. The summed E-state index contributed by atoms with van der Waals surface area (Å²) in [4.78, 5) is 12.3. The van der Waals surface area contributed by atoms with Crippen LogP contribution in [0.5, 0.6) is 5.75 Å². The summed E-state index contributed by atoms with van der Waals surface area (Å²) in [5.74, 6) is 0.312. The Bertz CT molecular complexity index is 496. The van der Waals surface area contributed by atoms with Crippen LogP contribution in [-0.4, -0.2) is 30.3 Å². The topological polar surface area (TPSA) is 58.6 Å². The van der Waals surface area contributed by atoms with Crippen molar-refractivity contribution in [2.75, 3.05) is 13.7 Å². The zero-order chi connectivity index (χ0) is 15.3. The summed E-state index contributed by atoms with van der Waals surface area (Å²) in [6, 6.07) is 5.28. The molecule has 2 rings (SSSR count). The molecule has 1 aliphatic carbocycles. The van der Waals surface area contributed by atoms with E-state index in [0.717, 1.165) is 43.0 Å². The molecule has 0 aromatic heterocycles. The minimum atomic E-state index is -0.769. The Morgan fingerprint density at radius 1 is 1.33 bits per heavy atom. The van der Waals surface area contributed by atoms with Gasteiger partial charge in [-0.05, 0) is 31.0 Å². The number of amides is 1. The molecule has 0 unspecified atom stereocenters. The van der Waals surface area contributed by atoms with E-state index in [2.05, 4.69) is 21.2 Å². The second kappa shape index (κ2) is 7.27. The number of halogens is 1. The van der Waals surface area contributed by atoms with Crippen molar-refractivity contribution in [3.63, 3.8) is 0 Å². The lowest BCUT2D eigenvalue weighted by Crippen LogP contribution is -2.42. The molecule has 21 heavy (non-hydrogen) atoms. The fourth-order valence-corrected chi connectivity index (χ4v) is 3.10. The van der Waals surface area contributed by atoms with Crippen LogP contribution in [0.25, 0.3) is 0 Å². The number of rotatable bonds is 4. The first-order chi connectivity index (χ1) is 10.0. The lowest BCUT2D eigenvalue weighted by molar-refractivity contribution is 0.0246. The highest BCUT2D eigenvalue weighted by Crippen LogP contribution is 2.27. The highest BCUT2D eigenvalue weighted by Gasteiger charge is 2.28. The number of carbonyl (C=O) groups excluding carboxylic acids is 1. The number of hydrogen-bond donors (Lipinski definition) is 2. The third-order valence-corrected chi connectivity index (χ3v) is 4.51. The zero-order valence-corrected chi connectivity index (χ0v) is 13.9. The van der Waals surface area contributed by atoms with Crippen molar-refractivity contribution in [3.8, 4) is 5.75 Å². The smallest absolute Gasteiger partial charge is 0.255 e. The summed E-state index contributed by atoms with van der Waals surface area (Å²) in [5, 5.41) is 13.4. The molecule has 0 radical (unpaired) electrons. The fourth-order valence-electron chi connectivity index (χ4n) is 2.76. The Morgan fingerprint density at radius 2 is 2.00 bits per heavy atom. The molecule has 1 aromatic carbocycles. The van der Waals surface area contributed by atoms with E-state index in [1.165, 1.54) is 7.11 Å². The first-order valence-corrected chi connectivity index (χ1v) is 8.17. The first-order valence-electron chi connectivity index (χ1n) is 7.38. The summed E-state index contributed by atoms with van der Waals surface area (Å²) in [6.45, 7) is 0.297. The van der Waals surface area contributed by atoms with Crippen LogP contribution in [0.4, 0.5) is 0 Å². The van der Waals surface area contributed by atoms with Crippen LogP contribution >= 0.6 is 15.9 Å².